The minimum atomic E-state index is -0.248. The van der Waals surface area contributed by atoms with E-state index in [0.29, 0.717) is 24.8 Å². The third-order valence-corrected chi connectivity index (χ3v) is 4.90. The van der Waals surface area contributed by atoms with Crippen LogP contribution in [-0.4, -0.2) is 23.6 Å². The Morgan fingerprint density at radius 1 is 1.14 bits per heavy atom. The molecule has 5 heteroatoms. The van der Waals surface area contributed by atoms with E-state index < -0.39 is 0 Å². The Hall–Kier alpha value is -2.82. The van der Waals surface area contributed by atoms with E-state index in [4.69, 9.17) is 4.74 Å². The third-order valence-electron chi connectivity index (χ3n) is 4.90. The van der Waals surface area contributed by atoms with Crippen LogP contribution < -0.4 is 15.6 Å². The summed E-state index contributed by atoms with van der Waals surface area (Å²) in [6.07, 6.45) is 7.77. The molecule has 1 aromatic carbocycles. The number of benzene rings is 1. The number of nitrogens with zero attached hydrogens (tertiary/aromatic N) is 1. The summed E-state index contributed by atoms with van der Waals surface area (Å²) in [6.45, 7) is 7.45. The van der Waals surface area contributed by atoms with Crippen molar-refractivity contribution in [3.05, 3.63) is 64.6 Å². The van der Waals surface area contributed by atoms with Crippen LogP contribution >= 0.6 is 0 Å². The standard InChI is InChI=1S/C24H32N2O3/c1-4-7-10-19(5-2)18-25-24(28)22(26-16-9-8-11-23(26)27)17-20-12-14-21(15-13-20)29-6-3/h8-9,11-17,19H,4-7,10,18H2,1-3H3,(H,25,28)/b22-17+. The molecule has 1 atom stereocenters. The number of aromatic nitrogens is 1. The lowest BCUT2D eigenvalue weighted by Gasteiger charge is -2.17. The lowest BCUT2D eigenvalue weighted by Crippen LogP contribution is -2.33. The fourth-order valence-electron chi connectivity index (χ4n) is 3.13. The van der Waals surface area contributed by atoms with Crippen molar-refractivity contribution in [2.24, 2.45) is 5.92 Å². The molecular formula is C24H32N2O3. The van der Waals surface area contributed by atoms with Crippen LogP contribution in [0.2, 0.25) is 0 Å². The van der Waals surface area contributed by atoms with E-state index in [1.54, 1.807) is 24.4 Å². The van der Waals surface area contributed by atoms with Crippen molar-refractivity contribution < 1.29 is 9.53 Å². The van der Waals surface area contributed by atoms with Crippen LogP contribution in [0.4, 0.5) is 0 Å². The highest BCUT2D eigenvalue weighted by Gasteiger charge is 2.15. The maximum Gasteiger partial charge on any atom is 0.268 e. The van der Waals surface area contributed by atoms with Gasteiger partial charge in [-0.2, -0.15) is 0 Å². The van der Waals surface area contributed by atoms with Gasteiger partial charge in [0.05, 0.1) is 6.61 Å². The number of rotatable bonds is 11. The summed E-state index contributed by atoms with van der Waals surface area (Å²) >= 11 is 0. The van der Waals surface area contributed by atoms with Gasteiger partial charge in [0, 0.05) is 18.8 Å². The molecule has 0 aliphatic heterocycles. The number of hydrogen-bond acceptors (Lipinski definition) is 3. The van der Waals surface area contributed by atoms with E-state index >= 15 is 0 Å². The van der Waals surface area contributed by atoms with Crippen LogP contribution in [0.5, 0.6) is 5.75 Å². The third kappa shape index (κ3) is 6.93. The fraction of sp³-hybridized carbons (Fsp3) is 0.417. The Kier molecular flexibility index (Phi) is 9.22. The minimum Gasteiger partial charge on any atom is -0.494 e. The predicted octanol–water partition coefficient (Wildman–Crippen LogP) is 4.58. The van der Waals surface area contributed by atoms with Crippen LogP contribution in [0.3, 0.4) is 0 Å². The topological polar surface area (TPSA) is 60.3 Å². The van der Waals surface area contributed by atoms with Gasteiger partial charge in [-0.15, -0.1) is 0 Å². The second-order valence-electron chi connectivity index (χ2n) is 7.07. The average Bonchev–Trinajstić information content (AvgIpc) is 2.74. The second-order valence-corrected chi connectivity index (χ2v) is 7.07. The molecule has 1 aromatic heterocycles. The first kappa shape index (κ1) is 22.5. The summed E-state index contributed by atoms with van der Waals surface area (Å²) in [5, 5.41) is 3.03. The zero-order valence-electron chi connectivity index (χ0n) is 17.7. The van der Waals surface area contributed by atoms with E-state index in [1.165, 1.54) is 10.6 Å². The Morgan fingerprint density at radius 2 is 1.90 bits per heavy atom. The average molecular weight is 397 g/mol. The molecule has 2 rings (SSSR count). The Bertz CT molecular complexity index is 853. The summed E-state index contributed by atoms with van der Waals surface area (Å²) in [6, 6.07) is 12.3. The van der Waals surface area contributed by atoms with Crippen molar-refractivity contribution in [2.45, 2.75) is 46.5 Å². The van der Waals surface area contributed by atoms with Crippen LogP contribution in [0.1, 0.15) is 52.0 Å². The molecule has 1 N–H and O–H groups in total. The molecule has 0 radical (unpaired) electrons. The first-order chi connectivity index (χ1) is 14.1. The van der Waals surface area contributed by atoms with E-state index in [2.05, 4.69) is 19.2 Å². The van der Waals surface area contributed by atoms with Gasteiger partial charge in [0.15, 0.2) is 0 Å². The lowest BCUT2D eigenvalue weighted by atomic mass is 9.99. The van der Waals surface area contributed by atoms with Crippen LogP contribution in [-0.2, 0) is 4.79 Å². The summed E-state index contributed by atoms with van der Waals surface area (Å²) in [7, 11) is 0. The zero-order valence-corrected chi connectivity index (χ0v) is 17.7. The highest BCUT2D eigenvalue weighted by Crippen LogP contribution is 2.17. The van der Waals surface area contributed by atoms with Gasteiger partial charge in [0.2, 0.25) is 0 Å². The normalized spacial score (nSPS) is 12.4. The van der Waals surface area contributed by atoms with Gasteiger partial charge < -0.3 is 10.1 Å². The van der Waals surface area contributed by atoms with Crippen molar-refractivity contribution in [1.29, 1.82) is 0 Å². The van der Waals surface area contributed by atoms with Crippen molar-refractivity contribution in [1.82, 2.24) is 9.88 Å². The maximum absolute atomic E-state index is 13.0. The number of amides is 1. The SMILES string of the molecule is CCCCC(CC)CNC(=O)/C(=C\c1ccc(OCC)cc1)n1ccccc1=O. The maximum atomic E-state index is 13.0. The Morgan fingerprint density at radius 3 is 2.52 bits per heavy atom. The molecule has 0 aliphatic carbocycles. The number of carbonyl (C=O) groups is 1. The molecule has 0 fully saturated rings. The van der Waals surface area contributed by atoms with E-state index in [1.807, 2.05) is 31.2 Å². The fourth-order valence-corrected chi connectivity index (χ4v) is 3.13. The highest BCUT2D eigenvalue weighted by atomic mass is 16.5. The predicted molar refractivity (Wildman–Crippen MR) is 119 cm³/mol. The molecule has 0 bridgehead atoms. The molecule has 0 saturated heterocycles. The minimum absolute atomic E-state index is 0.238. The van der Waals surface area contributed by atoms with Crippen molar-refractivity contribution in [3.8, 4) is 5.75 Å². The monoisotopic (exact) mass is 396 g/mol. The van der Waals surface area contributed by atoms with Gasteiger partial charge >= 0.3 is 0 Å². The van der Waals surface area contributed by atoms with Gasteiger partial charge in [-0.25, -0.2) is 0 Å². The van der Waals surface area contributed by atoms with Crippen molar-refractivity contribution in [2.75, 3.05) is 13.2 Å². The number of ether oxygens (including phenoxy) is 1. The molecule has 29 heavy (non-hydrogen) atoms. The molecule has 0 saturated carbocycles. The lowest BCUT2D eigenvalue weighted by molar-refractivity contribution is -0.116. The van der Waals surface area contributed by atoms with Crippen LogP contribution in [0.25, 0.3) is 11.8 Å². The van der Waals surface area contributed by atoms with Crippen molar-refractivity contribution in [3.63, 3.8) is 0 Å². The summed E-state index contributed by atoms with van der Waals surface area (Å²) in [4.78, 5) is 25.4. The Balaban J connectivity index is 2.27. The Labute approximate surface area is 173 Å². The van der Waals surface area contributed by atoms with Gasteiger partial charge in [-0.05, 0) is 49.1 Å². The van der Waals surface area contributed by atoms with Gasteiger partial charge in [0.1, 0.15) is 11.4 Å². The smallest absolute Gasteiger partial charge is 0.268 e. The first-order valence-electron chi connectivity index (χ1n) is 10.5. The first-order valence-corrected chi connectivity index (χ1v) is 10.5. The number of nitrogens with one attached hydrogen (secondary N) is 1. The number of unbranched alkanes of at least 4 members (excludes halogenated alkanes) is 1. The van der Waals surface area contributed by atoms with Gasteiger partial charge in [-0.3, -0.25) is 14.2 Å². The number of pyridine rings is 1. The van der Waals surface area contributed by atoms with Gasteiger partial charge in [-0.1, -0.05) is 51.3 Å². The van der Waals surface area contributed by atoms with Gasteiger partial charge in [0.25, 0.3) is 11.5 Å². The molecule has 5 nitrogen and oxygen atoms in total. The molecule has 0 aliphatic rings. The molecule has 156 valence electrons. The molecule has 1 unspecified atom stereocenters. The quantitative estimate of drug-likeness (QED) is 0.566. The molecular weight excluding hydrogens is 364 g/mol. The van der Waals surface area contributed by atoms with E-state index in [0.717, 1.165) is 37.0 Å². The summed E-state index contributed by atoms with van der Waals surface area (Å²) in [5.74, 6) is 0.967. The molecule has 2 aromatic rings. The van der Waals surface area contributed by atoms with Crippen LogP contribution in [0.15, 0.2) is 53.5 Å². The molecule has 0 spiro atoms. The zero-order chi connectivity index (χ0) is 21.1. The van der Waals surface area contributed by atoms with E-state index in [9.17, 15) is 9.59 Å². The number of carbonyl (C=O) groups excluding carboxylic acids is 1. The summed E-state index contributed by atoms with van der Waals surface area (Å²) < 4.78 is 6.86. The largest absolute Gasteiger partial charge is 0.494 e. The highest BCUT2D eigenvalue weighted by molar-refractivity contribution is 6.18. The van der Waals surface area contributed by atoms with Crippen molar-refractivity contribution >= 4 is 17.7 Å². The molecule has 1 amide bonds. The summed E-state index contributed by atoms with van der Waals surface area (Å²) in [5.41, 5.74) is 0.898. The molecule has 1 heterocycles. The van der Waals surface area contributed by atoms with Crippen LogP contribution in [0, 0.1) is 5.92 Å². The number of hydrogen-bond donors (Lipinski definition) is 1. The van der Waals surface area contributed by atoms with E-state index in [-0.39, 0.29) is 11.5 Å². The second kappa shape index (κ2) is 11.9.